The Kier molecular flexibility index (Phi) is 5.27. The molecule has 5 rings (SSSR count). The SMILES string of the molecule is Cc1nn(-c2ccc(Nc3ccc(NC(=O)c4ccc5nsnc5c4)cc3)nn2)c(C)c1C. The van der Waals surface area contributed by atoms with Crippen molar-refractivity contribution >= 4 is 45.9 Å². The van der Waals surface area contributed by atoms with Crippen molar-refractivity contribution < 1.29 is 4.79 Å². The summed E-state index contributed by atoms with van der Waals surface area (Å²) in [4.78, 5) is 12.6. The van der Waals surface area contributed by atoms with Crippen LogP contribution in [0.1, 0.15) is 27.3 Å². The number of nitrogens with zero attached hydrogens (tertiary/aromatic N) is 6. The first-order valence-corrected chi connectivity index (χ1v) is 11.0. The highest BCUT2D eigenvalue weighted by Crippen LogP contribution is 2.20. The molecule has 3 heterocycles. The second kappa shape index (κ2) is 8.40. The molecule has 0 fully saturated rings. The van der Waals surface area contributed by atoms with Gasteiger partial charge in [-0.3, -0.25) is 4.79 Å². The second-order valence-electron chi connectivity index (χ2n) is 7.61. The van der Waals surface area contributed by atoms with Crippen LogP contribution in [0.25, 0.3) is 16.9 Å². The monoisotopic (exact) mass is 456 g/mol. The molecule has 33 heavy (non-hydrogen) atoms. The lowest BCUT2D eigenvalue weighted by Gasteiger charge is -2.09. The molecule has 1 amide bonds. The van der Waals surface area contributed by atoms with Crippen molar-refractivity contribution in [2.75, 3.05) is 10.6 Å². The summed E-state index contributed by atoms with van der Waals surface area (Å²) in [6.07, 6.45) is 0. The Labute approximate surface area is 193 Å². The number of anilines is 3. The lowest BCUT2D eigenvalue weighted by atomic mass is 10.2. The Balaban J connectivity index is 1.25. The largest absolute Gasteiger partial charge is 0.339 e. The molecule has 0 saturated heterocycles. The highest BCUT2D eigenvalue weighted by molar-refractivity contribution is 7.00. The molecule has 0 atom stereocenters. The average Bonchev–Trinajstić information content (AvgIpc) is 3.40. The van der Waals surface area contributed by atoms with E-state index in [0.29, 0.717) is 28.4 Å². The number of carbonyl (C=O) groups excluding carboxylic acids is 1. The summed E-state index contributed by atoms with van der Waals surface area (Å²) in [5.41, 5.74) is 6.71. The Morgan fingerprint density at radius 2 is 1.64 bits per heavy atom. The van der Waals surface area contributed by atoms with E-state index in [2.05, 4.69) is 34.7 Å². The zero-order valence-corrected chi connectivity index (χ0v) is 19.0. The van der Waals surface area contributed by atoms with Crippen LogP contribution in [-0.2, 0) is 0 Å². The third kappa shape index (κ3) is 4.15. The molecular formula is C23H20N8OS. The third-order valence-corrected chi connectivity index (χ3v) is 6.01. The van der Waals surface area contributed by atoms with E-state index < -0.39 is 0 Å². The first kappa shape index (κ1) is 20.7. The van der Waals surface area contributed by atoms with E-state index >= 15 is 0 Å². The predicted molar refractivity (Wildman–Crippen MR) is 128 cm³/mol. The Bertz CT molecular complexity index is 1450. The fraction of sp³-hybridized carbons (Fsp3) is 0.130. The van der Waals surface area contributed by atoms with E-state index in [9.17, 15) is 4.79 Å². The minimum Gasteiger partial charge on any atom is -0.339 e. The van der Waals surface area contributed by atoms with Crippen molar-refractivity contribution in [3.63, 3.8) is 0 Å². The number of hydrogen-bond donors (Lipinski definition) is 2. The zero-order chi connectivity index (χ0) is 22.9. The summed E-state index contributed by atoms with van der Waals surface area (Å²) in [7, 11) is 0. The number of benzene rings is 2. The maximum absolute atomic E-state index is 12.6. The van der Waals surface area contributed by atoms with Crippen LogP contribution < -0.4 is 10.6 Å². The summed E-state index contributed by atoms with van der Waals surface area (Å²) in [6, 6.07) is 16.4. The molecule has 0 saturated carbocycles. The van der Waals surface area contributed by atoms with E-state index in [1.165, 1.54) is 0 Å². The number of hydrogen-bond acceptors (Lipinski definition) is 8. The van der Waals surface area contributed by atoms with Crippen LogP contribution in [-0.4, -0.2) is 34.6 Å². The van der Waals surface area contributed by atoms with Crippen LogP contribution in [0.5, 0.6) is 0 Å². The van der Waals surface area contributed by atoms with E-state index in [4.69, 9.17) is 0 Å². The molecule has 0 unspecified atom stereocenters. The van der Waals surface area contributed by atoms with Gasteiger partial charge in [0.1, 0.15) is 11.0 Å². The minimum atomic E-state index is -0.202. The first-order chi connectivity index (χ1) is 16.0. The third-order valence-electron chi connectivity index (χ3n) is 5.45. The van der Waals surface area contributed by atoms with Crippen molar-refractivity contribution in [3.05, 3.63) is 77.1 Å². The van der Waals surface area contributed by atoms with E-state index in [-0.39, 0.29) is 5.91 Å². The molecule has 0 aliphatic carbocycles. The molecule has 0 aliphatic rings. The average molecular weight is 457 g/mol. The van der Waals surface area contributed by atoms with Crippen LogP contribution >= 0.6 is 11.7 Å². The first-order valence-electron chi connectivity index (χ1n) is 10.3. The van der Waals surface area contributed by atoms with Crippen molar-refractivity contribution in [3.8, 4) is 5.82 Å². The van der Waals surface area contributed by atoms with E-state index in [0.717, 1.165) is 39.9 Å². The van der Waals surface area contributed by atoms with E-state index in [1.54, 1.807) is 22.9 Å². The van der Waals surface area contributed by atoms with Gasteiger partial charge in [0.2, 0.25) is 0 Å². The minimum absolute atomic E-state index is 0.202. The number of carbonyl (C=O) groups is 1. The van der Waals surface area contributed by atoms with Crippen molar-refractivity contribution in [1.29, 1.82) is 0 Å². The molecule has 9 nitrogen and oxygen atoms in total. The molecule has 0 spiro atoms. The zero-order valence-electron chi connectivity index (χ0n) is 18.2. The highest BCUT2D eigenvalue weighted by Gasteiger charge is 2.11. The molecule has 164 valence electrons. The van der Waals surface area contributed by atoms with Gasteiger partial charge >= 0.3 is 0 Å². The Hall–Kier alpha value is -4.18. The van der Waals surface area contributed by atoms with Gasteiger partial charge in [0.15, 0.2) is 11.6 Å². The molecular weight excluding hydrogens is 436 g/mol. The van der Waals surface area contributed by atoms with Gasteiger partial charge in [0, 0.05) is 22.6 Å². The topological polar surface area (TPSA) is 111 Å². The molecule has 2 N–H and O–H groups in total. The highest BCUT2D eigenvalue weighted by atomic mass is 32.1. The quantitative estimate of drug-likeness (QED) is 0.398. The molecule has 3 aromatic heterocycles. The Morgan fingerprint density at radius 3 is 2.33 bits per heavy atom. The predicted octanol–water partition coefficient (Wildman–Crippen LogP) is 4.59. The van der Waals surface area contributed by atoms with Gasteiger partial charge < -0.3 is 10.6 Å². The van der Waals surface area contributed by atoms with E-state index in [1.807, 2.05) is 57.2 Å². The molecule has 0 aliphatic heterocycles. The number of aromatic nitrogens is 6. The molecule has 2 aromatic carbocycles. The summed E-state index contributed by atoms with van der Waals surface area (Å²) in [6.45, 7) is 6.03. The number of rotatable bonds is 5. The smallest absolute Gasteiger partial charge is 0.255 e. The fourth-order valence-electron chi connectivity index (χ4n) is 3.36. The normalized spacial score (nSPS) is 11.0. The number of amides is 1. The van der Waals surface area contributed by atoms with Crippen LogP contribution in [0.3, 0.4) is 0 Å². The maximum atomic E-state index is 12.6. The summed E-state index contributed by atoms with van der Waals surface area (Å²) in [5.74, 6) is 1.07. The molecule has 10 heteroatoms. The Morgan fingerprint density at radius 1 is 0.879 bits per heavy atom. The maximum Gasteiger partial charge on any atom is 0.255 e. The number of nitrogens with one attached hydrogen (secondary N) is 2. The van der Waals surface area contributed by atoms with Crippen LogP contribution in [0.4, 0.5) is 17.2 Å². The molecule has 5 aromatic rings. The fourth-order valence-corrected chi connectivity index (χ4v) is 3.88. The van der Waals surface area contributed by atoms with Gasteiger partial charge in [-0.25, -0.2) is 4.68 Å². The summed E-state index contributed by atoms with van der Waals surface area (Å²) in [5, 5.41) is 19.2. The standard InChI is InChI=1S/C23H20N8OS/c1-13-14(2)28-31(15(13)3)22-11-10-21(26-27-22)24-17-5-7-18(8-6-17)25-23(32)16-4-9-19-20(12-16)30-33-29-19/h4-12H,1-3H3,(H,24,26)(H,25,32). The lowest BCUT2D eigenvalue weighted by Crippen LogP contribution is -2.11. The van der Waals surface area contributed by atoms with Gasteiger partial charge in [-0.2, -0.15) is 13.8 Å². The van der Waals surface area contributed by atoms with Crippen LogP contribution in [0, 0.1) is 20.8 Å². The number of aryl methyl sites for hydroxylation is 1. The summed E-state index contributed by atoms with van der Waals surface area (Å²) >= 11 is 1.13. The van der Waals surface area contributed by atoms with Gasteiger partial charge in [0.05, 0.1) is 17.4 Å². The molecule has 0 bridgehead atoms. The number of fused-ring (bicyclic) bond motifs is 1. The lowest BCUT2D eigenvalue weighted by molar-refractivity contribution is 0.102. The van der Waals surface area contributed by atoms with Crippen LogP contribution in [0.2, 0.25) is 0 Å². The van der Waals surface area contributed by atoms with Crippen molar-refractivity contribution in [2.24, 2.45) is 0 Å². The van der Waals surface area contributed by atoms with Crippen molar-refractivity contribution in [2.45, 2.75) is 20.8 Å². The second-order valence-corrected chi connectivity index (χ2v) is 8.14. The van der Waals surface area contributed by atoms with Gasteiger partial charge in [-0.05, 0) is 80.9 Å². The van der Waals surface area contributed by atoms with Crippen LogP contribution in [0.15, 0.2) is 54.6 Å². The summed E-state index contributed by atoms with van der Waals surface area (Å²) < 4.78 is 10.1. The van der Waals surface area contributed by atoms with Crippen molar-refractivity contribution in [1.82, 2.24) is 28.7 Å². The van der Waals surface area contributed by atoms with Gasteiger partial charge in [0.25, 0.3) is 5.91 Å². The van der Waals surface area contributed by atoms with Gasteiger partial charge in [-0.15, -0.1) is 10.2 Å². The van der Waals surface area contributed by atoms with Gasteiger partial charge in [-0.1, -0.05) is 0 Å². The molecule has 0 radical (unpaired) electrons.